The second-order valence-electron chi connectivity index (χ2n) is 5.13. The van der Waals surface area contributed by atoms with E-state index in [0.29, 0.717) is 6.42 Å². The van der Waals surface area contributed by atoms with E-state index in [2.05, 4.69) is 5.32 Å². The summed E-state index contributed by atoms with van der Waals surface area (Å²) < 4.78 is 5.66. The Labute approximate surface area is 112 Å². The van der Waals surface area contributed by atoms with Crippen molar-refractivity contribution in [2.24, 2.45) is 0 Å². The predicted molar refractivity (Wildman–Crippen MR) is 71.4 cm³/mol. The summed E-state index contributed by atoms with van der Waals surface area (Å²) in [6.45, 7) is 1.73. The van der Waals surface area contributed by atoms with Crippen LogP contribution in [0.25, 0.3) is 0 Å². The summed E-state index contributed by atoms with van der Waals surface area (Å²) in [5.74, 6) is 0.941. The van der Waals surface area contributed by atoms with Gasteiger partial charge in [0.1, 0.15) is 5.75 Å². The first kappa shape index (κ1) is 12.3. The zero-order valence-corrected chi connectivity index (χ0v) is 11.0. The molecule has 0 bridgehead atoms. The average molecular weight is 268 g/mol. The molecule has 1 aromatic rings. The van der Waals surface area contributed by atoms with E-state index in [1.54, 1.807) is 0 Å². The predicted octanol–water partition coefficient (Wildman–Crippen LogP) is 1.93. The topological polar surface area (TPSA) is 41.5 Å². The summed E-state index contributed by atoms with van der Waals surface area (Å²) in [4.78, 5) is 0. The van der Waals surface area contributed by atoms with Crippen molar-refractivity contribution in [3.63, 3.8) is 0 Å². The number of rotatable bonds is 3. The van der Waals surface area contributed by atoms with Crippen LogP contribution in [0.5, 0.6) is 5.75 Å². The second-order valence-corrected chi connectivity index (χ2v) is 5.56. The molecule has 4 heteroatoms. The highest BCUT2D eigenvalue weighted by Gasteiger charge is 2.25. The molecule has 18 heavy (non-hydrogen) atoms. The van der Waals surface area contributed by atoms with Crippen LogP contribution in [0.4, 0.5) is 0 Å². The van der Waals surface area contributed by atoms with E-state index in [1.807, 2.05) is 12.1 Å². The molecule has 3 nitrogen and oxygen atoms in total. The summed E-state index contributed by atoms with van der Waals surface area (Å²) in [6, 6.07) is 4.10. The van der Waals surface area contributed by atoms with Crippen LogP contribution >= 0.6 is 11.6 Å². The third kappa shape index (κ3) is 2.35. The monoisotopic (exact) mass is 267 g/mol. The van der Waals surface area contributed by atoms with Crippen LogP contribution in [0.2, 0.25) is 5.02 Å². The molecule has 1 aromatic carbocycles. The first-order valence-corrected chi connectivity index (χ1v) is 6.97. The quantitative estimate of drug-likeness (QED) is 0.879. The minimum atomic E-state index is -0.362. The fourth-order valence-electron chi connectivity index (χ4n) is 2.91. The molecule has 2 atom stereocenters. The number of hydrogen-bond donors (Lipinski definition) is 2. The lowest BCUT2D eigenvalue weighted by Crippen LogP contribution is -2.36. The van der Waals surface area contributed by atoms with E-state index in [4.69, 9.17) is 16.3 Å². The van der Waals surface area contributed by atoms with Crippen molar-refractivity contribution in [1.29, 1.82) is 0 Å². The molecule has 0 radical (unpaired) electrons. The fourth-order valence-corrected chi connectivity index (χ4v) is 3.17. The molecule has 0 aromatic heterocycles. The second kappa shape index (κ2) is 5.08. The maximum absolute atomic E-state index is 10.3. The zero-order chi connectivity index (χ0) is 12.5. The Morgan fingerprint density at radius 2 is 2.39 bits per heavy atom. The Hall–Kier alpha value is -0.770. The van der Waals surface area contributed by atoms with E-state index in [-0.39, 0.29) is 12.1 Å². The van der Waals surface area contributed by atoms with Crippen LogP contribution in [0.3, 0.4) is 0 Å². The summed E-state index contributed by atoms with van der Waals surface area (Å²) in [5, 5.41) is 14.3. The van der Waals surface area contributed by atoms with Crippen LogP contribution in [-0.2, 0) is 12.8 Å². The van der Waals surface area contributed by atoms with E-state index in [0.717, 1.165) is 48.7 Å². The molecular formula is C14H18ClNO2. The highest BCUT2D eigenvalue weighted by Crippen LogP contribution is 2.34. The summed E-state index contributed by atoms with van der Waals surface area (Å²) in [6.07, 6.45) is 3.36. The van der Waals surface area contributed by atoms with Gasteiger partial charge in [0.15, 0.2) is 0 Å². The van der Waals surface area contributed by atoms with Crippen molar-refractivity contribution in [2.45, 2.75) is 37.8 Å². The van der Waals surface area contributed by atoms with Crippen molar-refractivity contribution in [1.82, 2.24) is 5.32 Å². The van der Waals surface area contributed by atoms with Gasteiger partial charge in [0.2, 0.25) is 0 Å². The van der Waals surface area contributed by atoms with Gasteiger partial charge in [-0.2, -0.15) is 0 Å². The number of halogens is 1. The highest BCUT2D eigenvalue weighted by atomic mass is 35.5. The van der Waals surface area contributed by atoms with Crippen LogP contribution in [-0.4, -0.2) is 30.4 Å². The number of fused-ring (bicyclic) bond motifs is 1. The largest absolute Gasteiger partial charge is 0.493 e. The van der Waals surface area contributed by atoms with Gasteiger partial charge in [0.25, 0.3) is 0 Å². The average Bonchev–Trinajstić information content (AvgIpc) is 2.98. The first-order chi connectivity index (χ1) is 8.74. The SMILES string of the molecule is OC(Cc1cc(Cl)cc2c1OCC2)C1CCCN1. The molecule has 0 saturated carbocycles. The number of benzene rings is 1. The molecule has 0 aliphatic carbocycles. The van der Waals surface area contributed by atoms with Crippen molar-refractivity contribution < 1.29 is 9.84 Å². The van der Waals surface area contributed by atoms with Gasteiger partial charge < -0.3 is 15.2 Å². The van der Waals surface area contributed by atoms with Crippen LogP contribution < -0.4 is 10.1 Å². The van der Waals surface area contributed by atoms with Crippen LogP contribution in [0, 0.1) is 0 Å². The number of aliphatic hydroxyl groups excluding tert-OH is 1. The first-order valence-electron chi connectivity index (χ1n) is 6.59. The van der Waals surface area contributed by atoms with Crippen LogP contribution in [0.15, 0.2) is 12.1 Å². The van der Waals surface area contributed by atoms with Crippen molar-refractivity contribution in [3.05, 3.63) is 28.3 Å². The Balaban J connectivity index is 1.79. The molecule has 1 saturated heterocycles. The number of ether oxygens (including phenoxy) is 1. The van der Waals surface area contributed by atoms with Gasteiger partial charge in [0.05, 0.1) is 12.7 Å². The molecule has 2 aliphatic heterocycles. The lowest BCUT2D eigenvalue weighted by Gasteiger charge is -2.19. The Bertz CT molecular complexity index is 444. The van der Waals surface area contributed by atoms with Gasteiger partial charge in [-0.15, -0.1) is 0 Å². The molecule has 1 fully saturated rings. The van der Waals surface area contributed by atoms with E-state index < -0.39 is 0 Å². The third-order valence-electron chi connectivity index (χ3n) is 3.82. The molecule has 98 valence electrons. The van der Waals surface area contributed by atoms with Gasteiger partial charge in [0, 0.05) is 23.9 Å². The Kier molecular flexibility index (Phi) is 3.46. The number of nitrogens with one attached hydrogen (secondary N) is 1. The fraction of sp³-hybridized carbons (Fsp3) is 0.571. The minimum absolute atomic E-state index is 0.209. The summed E-state index contributed by atoms with van der Waals surface area (Å²) in [5.41, 5.74) is 2.21. The molecular weight excluding hydrogens is 250 g/mol. The number of aliphatic hydroxyl groups is 1. The highest BCUT2D eigenvalue weighted by molar-refractivity contribution is 6.30. The molecule has 2 N–H and O–H groups in total. The molecule has 0 amide bonds. The molecule has 2 unspecified atom stereocenters. The minimum Gasteiger partial charge on any atom is -0.493 e. The van der Waals surface area contributed by atoms with E-state index in [1.165, 1.54) is 5.56 Å². The summed E-state index contributed by atoms with van der Waals surface area (Å²) in [7, 11) is 0. The van der Waals surface area contributed by atoms with E-state index in [9.17, 15) is 5.11 Å². The maximum Gasteiger partial charge on any atom is 0.126 e. The van der Waals surface area contributed by atoms with Gasteiger partial charge in [-0.1, -0.05) is 11.6 Å². The zero-order valence-electron chi connectivity index (χ0n) is 10.3. The van der Waals surface area contributed by atoms with Gasteiger partial charge >= 0.3 is 0 Å². The molecule has 0 spiro atoms. The van der Waals surface area contributed by atoms with Gasteiger partial charge in [-0.05, 0) is 42.6 Å². The third-order valence-corrected chi connectivity index (χ3v) is 4.04. The molecule has 2 aliphatic rings. The van der Waals surface area contributed by atoms with Crippen molar-refractivity contribution >= 4 is 11.6 Å². The number of hydrogen-bond acceptors (Lipinski definition) is 3. The Morgan fingerprint density at radius 1 is 1.50 bits per heavy atom. The Morgan fingerprint density at radius 3 is 3.17 bits per heavy atom. The molecule has 2 heterocycles. The van der Waals surface area contributed by atoms with Gasteiger partial charge in [-0.3, -0.25) is 0 Å². The lowest BCUT2D eigenvalue weighted by molar-refractivity contribution is 0.135. The van der Waals surface area contributed by atoms with Gasteiger partial charge in [-0.25, -0.2) is 0 Å². The normalized spacial score (nSPS) is 23.8. The molecule has 3 rings (SSSR count). The maximum atomic E-state index is 10.3. The smallest absolute Gasteiger partial charge is 0.126 e. The van der Waals surface area contributed by atoms with E-state index >= 15 is 0 Å². The lowest BCUT2D eigenvalue weighted by atomic mass is 9.98. The van der Waals surface area contributed by atoms with Crippen LogP contribution in [0.1, 0.15) is 24.0 Å². The summed E-state index contributed by atoms with van der Waals surface area (Å²) >= 11 is 6.12. The van der Waals surface area contributed by atoms with Crippen molar-refractivity contribution in [2.75, 3.05) is 13.2 Å². The van der Waals surface area contributed by atoms with Crippen molar-refractivity contribution in [3.8, 4) is 5.75 Å². The standard InChI is InChI=1S/C14H18ClNO2/c15-11-6-9-3-5-18-14(9)10(7-11)8-13(17)12-2-1-4-16-12/h6-7,12-13,16-17H,1-5,8H2.